The van der Waals surface area contributed by atoms with Crippen LogP contribution < -0.4 is 5.43 Å². The Hall–Kier alpha value is -2.58. The second kappa shape index (κ2) is 6.46. The van der Waals surface area contributed by atoms with Crippen molar-refractivity contribution >= 4 is 41.2 Å². The Morgan fingerprint density at radius 3 is 2.77 bits per heavy atom. The molecule has 1 aromatic heterocycles. The molecule has 0 unspecified atom stereocenters. The van der Waals surface area contributed by atoms with Crippen LogP contribution in [0.15, 0.2) is 33.8 Å². The van der Waals surface area contributed by atoms with Crippen molar-refractivity contribution in [2.75, 3.05) is 0 Å². The van der Waals surface area contributed by atoms with Crippen LogP contribution in [0, 0.1) is 10.1 Å². The maximum Gasteiger partial charge on any atom is 0.433 e. The Balaban J connectivity index is 2.09. The zero-order valence-corrected chi connectivity index (χ0v) is 12.1. The van der Waals surface area contributed by atoms with Crippen LogP contribution in [-0.2, 0) is 0 Å². The van der Waals surface area contributed by atoms with E-state index >= 15 is 0 Å². The van der Waals surface area contributed by atoms with Crippen LogP contribution in [-0.4, -0.2) is 22.2 Å². The van der Waals surface area contributed by atoms with Crippen molar-refractivity contribution < 1.29 is 19.2 Å². The Kier molecular flexibility index (Phi) is 4.64. The van der Waals surface area contributed by atoms with Crippen molar-refractivity contribution in [2.45, 2.75) is 0 Å². The molecule has 0 atom stereocenters. The maximum atomic E-state index is 11.6. The molecule has 0 bridgehead atoms. The van der Waals surface area contributed by atoms with Gasteiger partial charge in [-0.05, 0) is 18.2 Å². The van der Waals surface area contributed by atoms with Crippen molar-refractivity contribution in [3.05, 3.63) is 55.7 Å². The molecule has 2 aromatic rings. The first-order chi connectivity index (χ1) is 10.4. The summed E-state index contributed by atoms with van der Waals surface area (Å²) in [5.41, 5.74) is 2.27. The van der Waals surface area contributed by atoms with Gasteiger partial charge in [0.05, 0.1) is 17.3 Å². The Labute approximate surface area is 133 Å². The van der Waals surface area contributed by atoms with Crippen molar-refractivity contribution in [1.82, 2.24) is 5.43 Å². The summed E-state index contributed by atoms with van der Waals surface area (Å²) in [5, 5.41) is 24.0. The topological polar surface area (TPSA) is 118 Å². The van der Waals surface area contributed by atoms with Gasteiger partial charge in [0, 0.05) is 10.6 Å². The monoisotopic (exact) mass is 343 g/mol. The number of phenols is 1. The largest absolute Gasteiger partial charge is 0.506 e. The molecular weight excluding hydrogens is 337 g/mol. The van der Waals surface area contributed by atoms with Gasteiger partial charge in [-0.2, -0.15) is 5.10 Å². The minimum absolute atomic E-state index is 0.0296. The molecule has 22 heavy (non-hydrogen) atoms. The number of aromatic hydroxyl groups is 1. The van der Waals surface area contributed by atoms with Gasteiger partial charge in [0.25, 0.3) is 0 Å². The molecule has 114 valence electrons. The van der Waals surface area contributed by atoms with Crippen LogP contribution in [0.4, 0.5) is 5.88 Å². The number of carbonyl (C=O) groups excluding carboxylic acids is 1. The summed E-state index contributed by atoms with van der Waals surface area (Å²) in [6.45, 7) is 0. The van der Waals surface area contributed by atoms with Crippen molar-refractivity contribution in [3.8, 4) is 5.75 Å². The predicted octanol–water partition coefficient (Wildman–Crippen LogP) is 2.96. The van der Waals surface area contributed by atoms with Gasteiger partial charge in [0.15, 0.2) is 0 Å². The van der Waals surface area contributed by atoms with Crippen LogP contribution in [0.5, 0.6) is 5.75 Å². The molecule has 2 rings (SSSR count). The van der Waals surface area contributed by atoms with Gasteiger partial charge in [-0.3, -0.25) is 14.9 Å². The molecule has 0 saturated carbocycles. The van der Waals surface area contributed by atoms with Crippen LogP contribution in [0.25, 0.3) is 0 Å². The third kappa shape index (κ3) is 3.54. The van der Waals surface area contributed by atoms with Gasteiger partial charge in [0.2, 0.25) is 5.76 Å². The van der Waals surface area contributed by atoms with E-state index in [-0.39, 0.29) is 27.1 Å². The second-order valence-electron chi connectivity index (χ2n) is 3.92. The molecule has 0 aliphatic carbocycles. The summed E-state index contributed by atoms with van der Waals surface area (Å²) >= 11 is 11.5. The number of benzene rings is 1. The normalized spacial score (nSPS) is 10.8. The molecule has 1 aromatic carbocycles. The number of nitro groups is 1. The first kappa shape index (κ1) is 15.8. The minimum Gasteiger partial charge on any atom is -0.506 e. The van der Waals surface area contributed by atoms with E-state index in [2.05, 4.69) is 10.5 Å². The van der Waals surface area contributed by atoms with E-state index in [1.54, 1.807) is 0 Å². The standard InChI is InChI=1S/C12H7Cl2N3O5/c13-7-3-6(11(18)8(14)4-7)5-15-16-12(19)9-1-2-10(22-9)17(20)21/h1-5,18H,(H,16,19)/b15-5+. The number of nitrogens with zero attached hydrogens (tertiary/aromatic N) is 2. The quantitative estimate of drug-likeness (QED) is 0.502. The van der Waals surface area contributed by atoms with E-state index in [1.165, 1.54) is 12.1 Å². The summed E-state index contributed by atoms with van der Waals surface area (Å²) in [4.78, 5) is 21.3. The molecule has 0 spiro atoms. The molecule has 1 amide bonds. The van der Waals surface area contributed by atoms with Crippen LogP contribution in [0.3, 0.4) is 0 Å². The average Bonchev–Trinajstić information content (AvgIpc) is 2.94. The number of carbonyl (C=O) groups is 1. The highest BCUT2D eigenvalue weighted by atomic mass is 35.5. The number of hydrazone groups is 1. The van der Waals surface area contributed by atoms with Gasteiger partial charge < -0.3 is 9.52 Å². The fourth-order valence-corrected chi connectivity index (χ4v) is 1.96. The molecule has 10 heteroatoms. The Morgan fingerprint density at radius 2 is 2.14 bits per heavy atom. The molecule has 8 nitrogen and oxygen atoms in total. The minimum atomic E-state index is -0.794. The highest BCUT2D eigenvalue weighted by Gasteiger charge is 2.16. The van der Waals surface area contributed by atoms with Crippen molar-refractivity contribution in [1.29, 1.82) is 0 Å². The average molecular weight is 344 g/mol. The lowest BCUT2D eigenvalue weighted by Gasteiger charge is -2.02. The van der Waals surface area contributed by atoms with Gasteiger partial charge >= 0.3 is 11.8 Å². The number of rotatable bonds is 4. The lowest BCUT2D eigenvalue weighted by molar-refractivity contribution is -0.402. The van der Waals surface area contributed by atoms with Crippen molar-refractivity contribution in [2.24, 2.45) is 5.10 Å². The van der Waals surface area contributed by atoms with E-state index in [1.807, 2.05) is 0 Å². The first-order valence-electron chi connectivity index (χ1n) is 5.64. The third-order valence-corrected chi connectivity index (χ3v) is 2.93. The molecular formula is C12H7Cl2N3O5. The highest BCUT2D eigenvalue weighted by molar-refractivity contribution is 6.36. The van der Waals surface area contributed by atoms with Crippen LogP contribution >= 0.6 is 23.2 Å². The third-order valence-electron chi connectivity index (χ3n) is 2.42. The van der Waals surface area contributed by atoms with E-state index in [4.69, 9.17) is 27.6 Å². The number of nitrogens with one attached hydrogen (secondary N) is 1. The smallest absolute Gasteiger partial charge is 0.433 e. The lowest BCUT2D eigenvalue weighted by Crippen LogP contribution is -2.16. The summed E-state index contributed by atoms with van der Waals surface area (Å²) in [6.07, 6.45) is 1.11. The maximum absolute atomic E-state index is 11.6. The van der Waals surface area contributed by atoms with Gasteiger partial charge in [0.1, 0.15) is 10.7 Å². The van der Waals surface area contributed by atoms with E-state index < -0.39 is 16.7 Å². The summed E-state index contributed by atoms with van der Waals surface area (Å²) in [7, 11) is 0. The number of amides is 1. The van der Waals surface area contributed by atoms with E-state index in [9.17, 15) is 20.0 Å². The fourth-order valence-electron chi connectivity index (χ4n) is 1.45. The number of phenolic OH excluding ortho intramolecular Hbond substituents is 1. The number of hydrogen-bond acceptors (Lipinski definition) is 6. The molecule has 0 radical (unpaired) electrons. The Bertz CT molecular complexity index is 772. The van der Waals surface area contributed by atoms with Crippen LogP contribution in [0.2, 0.25) is 10.0 Å². The zero-order valence-electron chi connectivity index (χ0n) is 10.6. The number of hydrogen-bond donors (Lipinski definition) is 2. The van der Waals surface area contributed by atoms with Gasteiger partial charge in [-0.15, -0.1) is 0 Å². The Morgan fingerprint density at radius 1 is 1.41 bits per heavy atom. The predicted molar refractivity (Wildman–Crippen MR) is 78.5 cm³/mol. The van der Waals surface area contributed by atoms with Crippen molar-refractivity contribution in [3.63, 3.8) is 0 Å². The number of furan rings is 1. The summed E-state index contributed by atoms with van der Waals surface area (Å²) < 4.78 is 4.69. The molecule has 0 saturated heterocycles. The second-order valence-corrected chi connectivity index (χ2v) is 4.76. The highest BCUT2D eigenvalue weighted by Crippen LogP contribution is 2.29. The van der Waals surface area contributed by atoms with E-state index in [0.29, 0.717) is 0 Å². The van der Waals surface area contributed by atoms with Gasteiger partial charge in [-0.25, -0.2) is 5.43 Å². The van der Waals surface area contributed by atoms with Gasteiger partial charge in [-0.1, -0.05) is 23.2 Å². The van der Waals surface area contributed by atoms with E-state index in [0.717, 1.165) is 18.3 Å². The molecule has 0 aliphatic rings. The number of halogens is 2. The summed E-state index contributed by atoms with van der Waals surface area (Å²) in [6, 6.07) is 4.91. The molecule has 2 N–H and O–H groups in total. The first-order valence-corrected chi connectivity index (χ1v) is 6.39. The van der Waals surface area contributed by atoms with Crippen LogP contribution in [0.1, 0.15) is 16.1 Å². The zero-order chi connectivity index (χ0) is 16.3. The summed E-state index contributed by atoms with van der Waals surface area (Å²) in [5.74, 6) is -1.89. The fraction of sp³-hybridized carbons (Fsp3) is 0. The molecule has 0 aliphatic heterocycles. The molecule has 0 fully saturated rings. The lowest BCUT2D eigenvalue weighted by atomic mass is 10.2. The SMILES string of the molecule is O=C(N/N=C/c1cc(Cl)cc(Cl)c1O)c1ccc([N+](=O)[O-])o1. The molecule has 1 heterocycles.